The van der Waals surface area contributed by atoms with Gasteiger partial charge in [0.05, 0.1) is 18.1 Å². The summed E-state index contributed by atoms with van der Waals surface area (Å²) in [7, 11) is -2.83. The van der Waals surface area contributed by atoms with E-state index in [-0.39, 0.29) is 17.5 Å². The van der Waals surface area contributed by atoms with Crippen molar-refractivity contribution in [1.82, 2.24) is 4.37 Å². The number of ether oxygens (including phenoxy) is 1. The minimum absolute atomic E-state index is 0.146. The summed E-state index contributed by atoms with van der Waals surface area (Å²) in [6.45, 7) is 2.41. The Morgan fingerprint density at radius 1 is 1.50 bits per heavy atom. The lowest BCUT2D eigenvalue weighted by molar-refractivity contribution is 0.344. The summed E-state index contributed by atoms with van der Waals surface area (Å²) in [6, 6.07) is 0.146. The molecule has 2 rings (SSSR count). The van der Waals surface area contributed by atoms with Crippen LogP contribution in [0.25, 0.3) is 0 Å². The maximum atomic E-state index is 11.3. The van der Waals surface area contributed by atoms with E-state index in [9.17, 15) is 8.42 Å². The van der Waals surface area contributed by atoms with Crippen LogP contribution >= 0.6 is 11.5 Å². The second kappa shape index (κ2) is 5.31. The number of nitrogens with zero attached hydrogens (tertiary/aromatic N) is 1. The fourth-order valence-corrected chi connectivity index (χ4v) is 4.12. The van der Waals surface area contributed by atoms with Gasteiger partial charge in [0.2, 0.25) is 0 Å². The van der Waals surface area contributed by atoms with E-state index in [2.05, 4.69) is 9.69 Å². The SMILES string of the molecule is CCOc1c(N)nsc1NC1CCS(=O)(=O)CC1. The summed E-state index contributed by atoms with van der Waals surface area (Å²) in [5.74, 6) is 1.44. The smallest absolute Gasteiger partial charge is 0.197 e. The van der Waals surface area contributed by atoms with Crippen molar-refractivity contribution in [1.29, 1.82) is 0 Å². The van der Waals surface area contributed by atoms with E-state index in [1.807, 2.05) is 6.92 Å². The highest BCUT2D eigenvalue weighted by atomic mass is 32.2. The summed E-state index contributed by atoms with van der Waals surface area (Å²) < 4.78 is 32.2. The zero-order chi connectivity index (χ0) is 13.2. The molecule has 8 heteroatoms. The molecule has 1 saturated heterocycles. The van der Waals surface area contributed by atoms with Gasteiger partial charge in [0.25, 0.3) is 0 Å². The van der Waals surface area contributed by atoms with E-state index in [0.29, 0.717) is 31.0 Å². The third kappa shape index (κ3) is 3.05. The monoisotopic (exact) mass is 291 g/mol. The molecule has 1 aliphatic rings. The van der Waals surface area contributed by atoms with Gasteiger partial charge in [0, 0.05) is 6.04 Å². The van der Waals surface area contributed by atoms with Gasteiger partial charge in [-0.25, -0.2) is 8.42 Å². The number of hydrogen-bond donors (Lipinski definition) is 2. The average Bonchev–Trinajstić information content (AvgIpc) is 2.65. The number of sulfone groups is 1. The minimum Gasteiger partial charge on any atom is -0.487 e. The Bertz CT molecular complexity index is 498. The molecule has 0 spiro atoms. The van der Waals surface area contributed by atoms with Gasteiger partial charge in [-0.1, -0.05) is 0 Å². The molecule has 3 N–H and O–H groups in total. The molecule has 1 fully saturated rings. The molecule has 0 amide bonds. The highest BCUT2D eigenvalue weighted by Gasteiger charge is 2.25. The van der Waals surface area contributed by atoms with Crippen LogP contribution in [0.2, 0.25) is 0 Å². The molecule has 1 aromatic rings. The minimum atomic E-state index is -2.83. The second-order valence-corrected chi connectivity index (χ2v) is 7.31. The summed E-state index contributed by atoms with van der Waals surface area (Å²) in [5, 5.41) is 4.07. The third-order valence-electron chi connectivity index (χ3n) is 2.85. The van der Waals surface area contributed by atoms with Crippen LogP contribution in [0.1, 0.15) is 19.8 Å². The molecular formula is C10H17N3O3S2. The topological polar surface area (TPSA) is 94.3 Å². The van der Waals surface area contributed by atoms with Gasteiger partial charge in [-0.2, -0.15) is 4.37 Å². The lowest BCUT2D eigenvalue weighted by atomic mass is 10.1. The van der Waals surface area contributed by atoms with Crippen LogP contribution < -0.4 is 15.8 Å². The van der Waals surface area contributed by atoms with Gasteiger partial charge in [0.15, 0.2) is 16.6 Å². The van der Waals surface area contributed by atoms with Crippen molar-refractivity contribution < 1.29 is 13.2 Å². The number of nitrogens with two attached hydrogens (primary N) is 1. The Morgan fingerprint density at radius 2 is 2.17 bits per heavy atom. The van der Waals surface area contributed by atoms with Crippen LogP contribution in [-0.2, 0) is 9.84 Å². The fraction of sp³-hybridized carbons (Fsp3) is 0.700. The molecule has 0 saturated carbocycles. The number of nitrogen functional groups attached to an aromatic ring is 1. The molecule has 1 aliphatic heterocycles. The van der Waals surface area contributed by atoms with Crippen LogP contribution in [0.5, 0.6) is 5.75 Å². The first-order valence-corrected chi connectivity index (χ1v) is 8.46. The Kier molecular flexibility index (Phi) is 3.96. The van der Waals surface area contributed by atoms with Crippen LogP contribution in [0.4, 0.5) is 10.8 Å². The predicted molar refractivity (Wildman–Crippen MR) is 73.0 cm³/mol. The maximum Gasteiger partial charge on any atom is 0.197 e. The highest BCUT2D eigenvalue weighted by molar-refractivity contribution is 7.91. The lowest BCUT2D eigenvalue weighted by Gasteiger charge is -2.23. The highest BCUT2D eigenvalue weighted by Crippen LogP contribution is 2.36. The number of hydrogen-bond acceptors (Lipinski definition) is 7. The van der Waals surface area contributed by atoms with Crippen molar-refractivity contribution in [3.05, 3.63) is 0 Å². The molecule has 1 aromatic heterocycles. The summed E-state index contributed by atoms with van der Waals surface area (Å²) >= 11 is 1.25. The molecule has 0 bridgehead atoms. The molecule has 0 aromatic carbocycles. The van der Waals surface area contributed by atoms with Gasteiger partial charge < -0.3 is 15.8 Å². The molecule has 0 unspecified atom stereocenters. The Hall–Kier alpha value is -1.02. The van der Waals surface area contributed by atoms with Crippen molar-refractivity contribution in [3.63, 3.8) is 0 Å². The van der Waals surface area contributed by atoms with E-state index >= 15 is 0 Å². The van der Waals surface area contributed by atoms with Crippen LogP contribution in [0.3, 0.4) is 0 Å². The van der Waals surface area contributed by atoms with Crippen LogP contribution in [0.15, 0.2) is 0 Å². The number of anilines is 2. The maximum absolute atomic E-state index is 11.3. The van der Waals surface area contributed by atoms with Gasteiger partial charge in [-0.3, -0.25) is 0 Å². The summed E-state index contributed by atoms with van der Waals surface area (Å²) in [5.41, 5.74) is 5.71. The summed E-state index contributed by atoms with van der Waals surface area (Å²) in [6.07, 6.45) is 1.23. The quantitative estimate of drug-likeness (QED) is 0.863. The Morgan fingerprint density at radius 3 is 2.78 bits per heavy atom. The van der Waals surface area contributed by atoms with Gasteiger partial charge in [-0.05, 0) is 31.3 Å². The number of nitrogens with one attached hydrogen (secondary N) is 1. The van der Waals surface area contributed by atoms with Gasteiger partial charge in [0.1, 0.15) is 9.84 Å². The first-order valence-electron chi connectivity index (χ1n) is 5.86. The number of rotatable bonds is 4. The van der Waals surface area contributed by atoms with Crippen molar-refractivity contribution in [2.45, 2.75) is 25.8 Å². The Balaban J connectivity index is 2.02. The zero-order valence-corrected chi connectivity index (χ0v) is 11.8. The standard InChI is InChI=1S/C10H17N3O3S2/c1-2-16-8-9(11)13-17-10(8)12-7-3-5-18(14,15)6-4-7/h7,12H,2-6H2,1H3,(H2,11,13). The van der Waals surface area contributed by atoms with E-state index < -0.39 is 9.84 Å². The van der Waals surface area contributed by atoms with Gasteiger partial charge >= 0.3 is 0 Å². The molecule has 102 valence electrons. The van der Waals surface area contributed by atoms with E-state index in [1.165, 1.54) is 11.5 Å². The number of aromatic nitrogens is 1. The molecule has 18 heavy (non-hydrogen) atoms. The lowest BCUT2D eigenvalue weighted by Crippen LogP contribution is -2.31. The van der Waals surface area contributed by atoms with E-state index in [0.717, 1.165) is 5.00 Å². The average molecular weight is 291 g/mol. The fourth-order valence-electron chi connectivity index (χ4n) is 1.89. The van der Waals surface area contributed by atoms with Crippen molar-refractivity contribution >= 4 is 32.2 Å². The first-order chi connectivity index (χ1) is 8.52. The molecule has 0 aliphatic carbocycles. The normalized spacial score (nSPS) is 19.6. The van der Waals surface area contributed by atoms with Crippen LogP contribution in [0, 0.1) is 0 Å². The summed E-state index contributed by atoms with van der Waals surface area (Å²) in [4.78, 5) is 0. The van der Waals surface area contributed by atoms with Crippen molar-refractivity contribution in [3.8, 4) is 5.75 Å². The molecule has 0 atom stereocenters. The van der Waals surface area contributed by atoms with E-state index in [1.54, 1.807) is 0 Å². The first kappa shape index (κ1) is 13.4. The zero-order valence-electron chi connectivity index (χ0n) is 10.2. The van der Waals surface area contributed by atoms with Crippen molar-refractivity contribution in [2.75, 3.05) is 29.2 Å². The molecule has 6 nitrogen and oxygen atoms in total. The third-order valence-corrected chi connectivity index (χ3v) is 5.34. The second-order valence-electron chi connectivity index (χ2n) is 4.23. The van der Waals surface area contributed by atoms with Gasteiger partial charge in [-0.15, -0.1) is 0 Å². The molecule has 0 radical (unpaired) electrons. The molecular weight excluding hydrogens is 274 g/mol. The predicted octanol–water partition coefficient (Wildman–Crippen LogP) is 1.11. The Labute approximate surface area is 111 Å². The molecule has 2 heterocycles. The van der Waals surface area contributed by atoms with E-state index in [4.69, 9.17) is 10.5 Å². The van der Waals surface area contributed by atoms with Crippen LogP contribution in [-0.4, -0.2) is 36.9 Å². The van der Waals surface area contributed by atoms with Crippen molar-refractivity contribution in [2.24, 2.45) is 0 Å². The largest absolute Gasteiger partial charge is 0.487 e.